The van der Waals surface area contributed by atoms with E-state index >= 15 is 0 Å². The molecule has 0 aliphatic rings. The zero-order valence-electron chi connectivity index (χ0n) is 17.0. The molecule has 1 amide bonds. The molecule has 0 unspecified atom stereocenters. The molecule has 0 spiro atoms. The summed E-state index contributed by atoms with van der Waals surface area (Å²) in [4.78, 5) is 21.3. The van der Waals surface area contributed by atoms with Crippen molar-refractivity contribution in [2.24, 2.45) is 0 Å². The molecule has 30 heavy (non-hydrogen) atoms. The van der Waals surface area contributed by atoms with Crippen LogP contribution < -0.4 is 10.6 Å². The molecule has 0 saturated carbocycles. The molecule has 0 saturated heterocycles. The topological polar surface area (TPSA) is 115 Å². The minimum absolute atomic E-state index is 0.0284. The number of aromatic nitrogens is 2. The molecule has 2 aromatic carbocycles. The fraction of sp³-hybridized carbons (Fsp3) is 0.174. The van der Waals surface area contributed by atoms with Crippen LogP contribution in [0.5, 0.6) is 0 Å². The molecule has 7 heteroatoms. The molecule has 3 N–H and O–H groups in total. The van der Waals surface area contributed by atoms with Gasteiger partial charge in [-0.3, -0.25) is 4.79 Å². The molecular formula is C23H22N6O. The quantitative estimate of drug-likeness (QED) is 0.517. The van der Waals surface area contributed by atoms with Crippen LogP contribution >= 0.6 is 0 Å². The lowest BCUT2D eigenvalue weighted by Crippen LogP contribution is -2.16. The lowest BCUT2D eigenvalue weighted by molar-refractivity contribution is 0.102. The highest BCUT2D eigenvalue weighted by Gasteiger charge is 2.18. The van der Waals surface area contributed by atoms with Crippen molar-refractivity contribution < 1.29 is 4.79 Å². The lowest BCUT2D eigenvalue weighted by atomic mass is 9.92. The Morgan fingerprint density at radius 2 is 1.90 bits per heavy atom. The van der Waals surface area contributed by atoms with Gasteiger partial charge >= 0.3 is 0 Å². The van der Waals surface area contributed by atoms with E-state index in [2.05, 4.69) is 26.7 Å². The maximum atomic E-state index is 13.0. The van der Waals surface area contributed by atoms with Crippen LogP contribution in [0.1, 0.15) is 52.6 Å². The standard InChI is InChI=1S/C23H22N6O/c1-14(2)22-17(11-25)5-4-6-20(22)23(30)29-18-8-7-16(10-24)21(9-18)28-19-12-26-15(3)27-13-19/h4-10,12-14,24,28H,1-3H3,(H,29,30). The number of hydrogen-bond donors (Lipinski definition) is 3. The average molecular weight is 398 g/mol. The highest BCUT2D eigenvalue weighted by atomic mass is 16.1. The van der Waals surface area contributed by atoms with Crippen molar-refractivity contribution >= 4 is 29.2 Å². The van der Waals surface area contributed by atoms with E-state index in [1.54, 1.807) is 55.7 Å². The maximum absolute atomic E-state index is 13.0. The first-order valence-corrected chi connectivity index (χ1v) is 9.47. The normalized spacial score (nSPS) is 10.4. The molecule has 0 aliphatic carbocycles. The molecule has 0 aliphatic heterocycles. The summed E-state index contributed by atoms with van der Waals surface area (Å²) in [6.07, 6.45) is 4.55. The van der Waals surface area contributed by atoms with E-state index in [-0.39, 0.29) is 11.8 Å². The Bertz CT molecular complexity index is 1130. The van der Waals surface area contributed by atoms with Crippen LogP contribution in [-0.4, -0.2) is 22.1 Å². The summed E-state index contributed by atoms with van der Waals surface area (Å²) in [5, 5.41) is 23.1. The number of aryl methyl sites for hydroxylation is 1. The van der Waals surface area contributed by atoms with Crippen molar-refractivity contribution in [3.8, 4) is 6.07 Å². The third-order valence-corrected chi connectivity index (χ3v) is 4.58. The summed E-state index contributed by atoms with van der Waals surface area (Å²) in [7, 11) is 0. The lowest BCUT2D eigenvalue weighted by Gasteiger charge is -2.16. The number of nitrogens with one attached hydrogen (secondary N) is 3. The second kappa shape index (κ2) is 8.97. The molecule has 1 aromatic heterocycles. The Kier molecular flexibility index (Phi) is 6.18. The van der Waals surface area contributed by atoms with Crippen LogP contribution in [0.25, 0.3) is 0 Å². The monoisotopic (exact) mass is 398 g/mol. The fourth-order valence-electron chi connectivity index (χ4n) is 3.16. The Morgan fingerprint density at radius 1 is 1.17 bits per heavy atom. The number of nitriles is 1. The van der Waals surface area contributed by atoms with E-state index in [9.17, 15) is 10.1 Å². The summed E-state index contributed by atoms with van der Waals surface area (Å²) in [6.45, 7) is 5.71. The highest BCUT2D eigenvalue weighted by molar-refractivity contribution is 6.06. The summed E-state index contributed by atoms with van der Waals surface area (Å²) >= 11 is 0. The van der Waals surface area contributed by atoms with Crippen molar-refractivity contribution in [2.75, 3.05) is 10.6 Å². The number of benzene rings is 2. The molecule has 0 fully saturated rings. The fourth-order valence-corrected chi connectivity index (χ4v) is 3.16. The number of carbonyl (C=O) groups excluding carboxylic acids is 1. The summed E-state index contributed by atoms with van der Waals surface area (Å²) < 4.78 is 0. The van der Waals surface area contributed by atoms with Gasteiger partial charge in [0, 0.05) is 28.7 Å². The second-order valence-electron chi connectivity index (χ2n) is 7.08. The van der Waals surface area contributed by atoms with E-state index in [1.807, 2.05) is 13.8 Å². The van der Waals surface area contributed by atoms with Gasteiger partial charge in [0.15, 0.2) is 0 Å². The summed E-state index contributed by atoms with van der Waals surface area (Å²) in [5.74, 6) is 0.401. The van der Waals surface area contributed by atoms with Gasteiger partial charge in [-0.2, -0.15) is 5.26 Å². The van der Waals surface area contributed by atoms with E-state index in [1.165, 1.54) is 6.21 Å². The van der Waals surface area contributed by atoms with Gasteiger partial charge in [0.2, 0.25) is 0 Å². The number of rotatable bonds is 6. The van der Waals surface area contributed by atoms with Gasteiger partial charge in [-0.1, -0.05) is 19.9 Å². The molecule has 150 valence electrons. The minimum atomic E-state index is -0.289. The number of anilines is 3. The van der Waals surface area contributed by atoms with Gasteiger partial charge in [-0.05, 0) is 48.7 Å². The van der Waals surface area contributed by atoms with Crippen LogP contribution in [0.4, 0.5) is 17.1 Å². The van der Waals surface area contributed by atoms with Crippen LogP contribution in [0, 0.1) is 23.7 Å². The molecule has 3 rings (SSSR count). The third-order valence-electron chi connectivity index (χ3n) is 4.58. The predicted molar refractivity (Wildman–Crippen MR) is 118 cm³/mol. The van der Waals surface area contributed by atoms with Gasteiger partial charge in [0.1, 0.15) is 5.82 Å². The number of nitrogens with zero attached hydrogens (tertiary/aromatic N) is 3. The summed E-state index contributed by atoms with van der Waals surface area (Å²) in [6, 6.07) is 12.5. The average Bonchev–Trinajstić information content (AvgIpc) is 2.74. The van der Waals surface area contributed by atoms with Crippen molar-refractivity contribution in [3.63, 3.8) is 0 Å². The first kappa shape index (κ1) is 20.7. The van der Waals surface area contributed by atoms with E-state index < -0.39 is 0 Å². The van der Waals surface area contributed by atoms with Crippen LogP contribution in [0.15, 0.2) is 48.8 Å². The van der Waals surface area contributed by atoms with Gasteiger partial charge in [0.25, 0.3) is 5.91 Å². The van der Waals surface area contributed by atoms with E-state index in [0.29, 0.717) is 39.6 Å². The predicted octanol–water partition coefficient (Wildman–Crippen LogP) is 4.77. The molecule has 0 radical (unpaired) electrons. The van der Waals surface area contributed by atoms with Crippen LogP contribution in [0.2, 0.25) is 0 Å². The Labute approximate surface area is 175 Å². The molecule has 0 bridgehead atoms. The zero-order valence-corrected chi connectivity index (χ0v) is 17.0. The van der Waals surface area contributed by atoms with Crippen LogP contribution in [0.3, 0.4) is 0 Å². The van der Waals surface area contributed by atoms with Gasteiger partial charge in [-0.15, -0.1) is 0 Å². The van der Waals surface area contributed by atoms with Crippen LogP contribution in [-0.2, 0) is 0 Å². The van der Waals surface area contributed by atoms with Gasteiger partial charge in [0.05, 0.1) is 29.7 Å². The van der Waals surface area contributed by atoms with Gasteiger partial charge < -0.3 is 16.0 Å². The number of hydrogen-bond acceptors (Lipinski definition) is 6. The zero-order chi connectivity index (χ0) is 21.7. The Balaban J connectivity index is 1.91. The molecule has 3 aromatic rings. The highest BCUT2D eigenvalue weighted by Crippen LogP contribution is 2.27. The SMILES string of the molecule is Cc1ncc(Nc2cc(NC(=O)c3cccc(C#N)c3C(C)C)ccc2C=N)cn1. The Hall–Kier alpha value is -4.05. The molecular weight excluding hydrogens is 376 g/mol. The molecule has 7 nitrogen and oxygen atoms in total. The first-order chi connectivity index (χ1) is 14.4. The van der Waals surface area contributed by atoms with Gasteiger partial charge in [-0.25, -0.2) is 9.97 Å². The van der Waals surface area contributed by atoms with E-state index in [4.69, 9.17) is 5.41 Å². The third kappa shape index (κ3) is 4.50. The number of amides is 1. The van der Waals surface area contributed by atoms with Crippen molar-refractivity contribution in [1.82, 2.24) is 9.97 Å². The smallest absolute Gasteiger partial charge is 0.255 e. The molecule has 1 heterocycles. The maximum Gasteiger partial charge on any atom is 0.255 e. The molecule has 0 atom stereocenters. The summed E-state index contributed by atoms with van der Waals surface area (Å²) in [5.41, 5.74) is 4.24. The largest absolute Gasteiger partial charge is 0.352 e. The van der Waals surface area contributed by atoms with Crippen molar-refractivity contribution in [3.05, 3.63) is 76.9 Å². The Morgan fingerprint density at radius 3 is 2.53 bits per heavy atom. The second-order valence-corrected chi connectivity index (χ2v) is 7.08. The first-order valence-electron chi connectivity index (χ1n) is 9.47. The minimum Gasteiger partial charge on any atom is -0.352 e. The van der Waals surface area contributed by atoms with E-state index in [0.717, 1.165) is 5.56 Å². The van der Waals surface area contributed by atoms with Crippen molar-refractivity contribution in [2.45, 2.75) is 26.7 Å². The number of carbonyl (C=O) groups is 1. The van der Waals surface area contributed by atoms with Crippen molar-refractivity contribution in [1.29, 1.82) is 10.7 Å².